The minimum absolute atomic E-state index is 0.155. The third kappa shape index (κ3) is 4.79. The maximum absolute atomic E-state index is 11.8. The molecule has 1 aliphatic heterocycles. The number of hydrogen-bond donors (Lipinski definition) is 1. The first kappa shape index (κ1) is 17.4. The number of hydrogen-bond acceptors (Lipinski definition) is 5. The molecule has 1 unspecified atom stereocenters. The number of nitrogens with one attached hydrogen (secondary N) is 1. The molecule has 0 saturated carbocycles. The predicted molar refractivity (Wildman–Crippen MR) is 95.0 cm³/mol. The van der Waals surface area contributed by atoms with Gasteiger partial charge in [0.2, 0.25) is 0 Å². The lowest BCUT2D eigenvalue weighted by atomic mass is 10.2. The SMILES string of the molecule is CC(C)(C)OC(=O)Nc1cn(C2CCCN2Cc2ccccc2)nn1. The standard InChI is InChI=1S/C18H25N5O2/c1-18(2,3)25-17(24)19-15-13-23(21-20-15)16-10-7-11-22(16)12-14-8-5-4-6-9-14/h4-6,8-9,13,16H,7,10-12H2,1-3H3,(H,19,24). The molecule has 1 aromatic heterocycles. The van der Waals surface area contributed by atoms with E-state index in [1.54, 1.807) is 6.20 Å². The summed E-state index contributed by atoms with van der Waals surface area (Å²) in [6.07, 6.45) is 3.53. The van der Waals surface area contributed by atoms with Crippen LogP contribution in [0, 0.1) is 0 Å². The van der Waals surface area contributed by atoms with Crippen LogP contribution in [0.5, 0.6) is 0 Å². The van der Waals surface area contributed by atoms with Crippen molar-refractivity contribution in [3.8, 4) is 0 Å². The van der Waals surface area contributed by atoms with Gasteiger partial charge in [-0.15, -0.1) is 5.10 Å². The molecule has 1 aliphatic rings. The van der Waals surface area contributed by atoms with Gasteiger partial charge in [-0.3, -0.25) is 10.2 Å². The molecule has 1 aromatic carbocycles. The molecule has 1 atom stereocenters. The van der Waals surface area contributed by atoms with Crippen LogP contribution < -0.4 is 5.32 Å². The normalized spacial score (nSPS) is 18.3. The summed E-state index contributed by atoms with van der Waals surface area (Å²) < 4.78 is 7.06. The summed E-state index contributed by atoms with van der Waals surface area (Å²) in [4.78, 5) is 14.2. The van der Waals surface area contributed by atoms with Crippen molar-refractivity contribution in [1.82, 2.24) is 19.9 Å². The van der Waals surface area contributed by atoms with E-state index in [0.29, 0.717) is 5.82 Å². The van der Waals surface area contributed by atoms with Crippen LogP contribution in [0.2, 0.25) is 0 Å². The van der Waals surface area contributed by atoms with Crippen molar-refractivity contribution in [2.45, 2.75) is 51.9 Å². The predicted octanol–water partition coefficient (Wildman–Crippen LogP) is 3.42. The van der Waals surface area contributed by atoms with Gasteiger partial charge in [0.1, 0.15) is 11.8 Å². The number of carbonyl (C=O) groups excluding carboxylic acids is 1. The minimum atomic E-state index is -0.544. The van der Waals surface area contributed by atoms with E-state index < -0.39 is 11.7 Å². The fourth-order valence-corrected chi connectivity index (χ4v) is 3.00. The number of amides is 1. The molecule has 1 saturated heterocycles. The van der Waals surface area contributed by atoms with Gasteiger partial charge in [-0.1, -0.05) is 35.5 Å². The van der Waals surface area contributed by atoms with E-state index in [1.165, 1.54) is 5.56 Å². The fourth-order valence-electron chi connectivity index (χ4n) is 3.00. The number of likely N-dealkylation sites (tertiary alicyclic amines) is 1. The van der Waals surface area contributed by atoms with Gasteiger partial charge in [-0.2, -0.15) is 0 Å². The number of rotatable bonds is 4. The van der Waals surface area contributed by atoms with Gasteiger partial charge >= 0.3 is 6.09 Å². The van der Waals surface area contributed by atoms with Crippen LogP contribution in [0.25, 0.3) is 0 Å². The first-order chi connectivity index (χ1) is 11.9. The van der Waals surface area contributed by atoms with Crippen LogP contribution in [0.15, 0.2) is 36.5 Å². The number of benzene rings is 1. The fraction of sp³-hybridized carbons (Fsp3) is 0.500. The molecule has 1 amide bonds. The highest BCUT2D eigenvalue weighted by Gasteiger charge is 2.27. The molecule has 0 spiro atoms. The molecule has 2 heterocycles. The van der Waals surface area contributed by atoms with E-state index in [0.717, 1.165) is 25.9 Å². The molecule has 134 valence electrons. The Hall–Kier alpha value is -2.41. The Balaban J connectivity index is 1.63. The molecular weight excluding hydrogens is 318 g/mol. The zero-order valence-corrected chi connectivity index (χ0v) is 15.0. The van der Waals surface area contributed by atoms with Crippen LogP contribution in [0.3, 0.4) is 0 Å². The zero-order chi connectivity index (χ0) is 17.9. The second kappa shape index (κ2) is 7.23. The average molecular weight is 343 g/mol. The molecule has 7 nitrogen and oxygen atoms in total. The average Bonchev–Trinajstić information content (AvgIpc) is 3.15. The number of carbonyl (C=O) groups is 1. The first-order valence-electron chi connectivity index (χ1n) is 8.60. The quantitative estimate of drug-likeness (QED) is 0.921. The monoisotopic (exact) mass is 343 g/mol. The molecule has 25 heavy (non-hydrogen) atoms. The summed E-state index contributed by atoms with van der Waals surface area (Å²) in [5, 5.41) is 10.9. The summed E-state index contributed by atoms with van der Waals surface area (Å²) in [7, 11) is 0. The summed E-state index contributed by atoms with van der Waals surface area (Å²) in [5.41, 5.74) is 0.736. The van der Waals surface area contributed by atoms with Crippen molar-refractivity contribution < 1.29 is 9.53 Å². The molecule has 1 N–H and O–H groups in total. The molecule has 0 bridgehead atoms. The summed E-state index contributed by atoms with van der Waals surface area (Å²) >= 11 is 0. The van der Waals surface area contributed by atoms with Gasteiger partial charge in [-0.05, 0) is 39.2 Å². The van der Waals surface area contributed by atoms with E-state index in [1.807, 2.05) is 31.5 Å². The Labute approximate surface area is 148 Å². The second-order valence-corrected chi connectivity index (χ2v) is 7.29. The summed E-state index contributed by atoms with van der Waals surface area (Å²) in [5.74, 6) is 0.404. The van der Waals surface area contributed by atoms with Gasteiger partial charge in [0.15, 0.2) is 5.82 Å². The second-order valence-electron chi connectivity index (χ2n) is 7.29. The van der Waals surface area contributed by atoms with Crippen molar-refractivity contribution in [3.63, 3.8) is 0 Å². The smallest absolute Gasteiger partial charge is 0.413 e. The summed E-state index contributed by atoms with van der Waals surface area (Å²) in [6.45, 7) is 7.37. The maximum Gasteiger partial charge on any atom is 0.413 e. The van der Waals surface area contributed by atoms with Gasteiger partial charge in [0.25, 0.3) is 0 Å². The van der Waals surface area contributed by atoms with Crippen molar-refractivity contribution >= 4 is 11.9 Å². The lowest BCUT2D eigenvalue weighted by Crippen LogP contribution is -2.28. The van der Waals surface area contributed by atoms with Gasteiger partial charge in [0.05, 0.1) is 6.20 Å². The van der Waals surface area contributed by atoms with Crippen molar-refractivity contribution in [1.29, 1.82) is 0 Å². The van der Waals surface area contributed by atoms with Crippen LogP contribution in [-0.4, -0.2) is 38.1 Å². The Morgan fingerprint density at radius 3 is 2.80 bits per heavy atom. The van der Waals surface area contributed by atoms with Crippen molar-refractivity contribution in [2.24, 2.45) is 0 Å². The number of ether oxygens (including phenoxy) is 1. The van der Waals surface area contributed by atoms with Gasteiger partial charge in [-0.25, -0.2) is 9.48 Å². The van der Waals surface area contributed by atoms with Crippen LogP contribution >= 0.6 is 0 Å². The number of aromatic nitrogens is 3. The van der Waals surface area contributed by atoms with Gasteiger partial charge < -0.3 is 4.74 Å². The van der Waals surface area contributed by atoms with Crippen molar-refractivity contribution in [2.75, 3.05) is 11.9 Å². The zero-order valence-electron chi connectivity index (χ0n) is 15.0. The van der Waals surface area contributed by atoms with Crippen LogP contribution in [0.4, 0.5) is 10.6 Å². The molecule has 2 aromatic rings. The van der Waals surface area contributed by atoms with E-state index in [2.05, 4.69) is 44.8 Å². The topological polar surface area (TPSA) is 72.3 Å². The molecule has 1 fully saturated rings. The molecule has 3 rings (SSSR count). The third-order valence-electron chi connectivity index (χ3n) is 4.00. The number of nitrogens with zero attached hydrogens (tertiary/aromatic N) is 4. The largest absolute Gasteiger partial charge is 0.444 e. The highest BCUT2D eigenvalue weighted by Crippen LogP contribution is 2.28. The van der Waals surface area contributed by atoms with E-state index in [4.69, 9.17) is 4.74 Å². The van der Waals surface area contributed by atoms with Crippen LogP contribution in [-0.2, 0) is 11.3 Å². The lowest BCUT2D eigenvalue weighted by Gasteiger charge is -2.24. The Bertz CT molecular complexity index is 708. The Morgan fingerprint density at radius 1 is 1.32 bits per heavy atom. The highest BCUT2D eigenvalue weighted by atomic mass is 16.6. The first-order valence-corrected chi connectivity index (χ1v) is 8.60. The van der Waals surface area contributed by atoms with E-state index in [-0.39, 0.29) is 6.17 Å². The van der Waals surface area contributed by atoms with Gasteiger partial charge in [0, 0.05) is 13.1 Å². The maximum atomic E-state index is 11.8. The van der Waals surface area contributed by atoms with E-state index >= 15 is 0 Å². The molecular formula is C18H25N5O2. The molecule has 0 aliphatic carbocycles. The van der Waals surface area contributed by atoms with E-state index in [9.17, 15) is 4.79 Å². The summed E-state index contributed by atoms with van der Waals surface area (Å²) in [6, 6.07) is 10.4. The highest BCUT2D eigenvalue weighted by molar-refractivity contribution is 5.83. The molecule has 0 radical (unpaired) electrons. The number of anilines is 1. The lowest BCUT2D eigenvalue weighted by molar-refractivity contribution is 0.0635. The van der Waals surface area contributed by atoms with Crippen molar-refractivity contribution in [3.05, 3.63) is 42.1 Å². The Kier molecular flexibility index (Phi) is 5.03. The third-order valence-corrected chi connectivity index (χ3v) is 4.00. The Morgan fingerprint density at radius 2 is 2.08 bits per heavy atom. The molecule has 7 heteroatoms. The van der Waals surface area contributed by atoms with Crippen LogP contribution in [0.1, 0.15) is 45.3 Å². The minimum Gasteiger partial charge on any atom is -0.444 e.